The Kier molecular flexibility index (Phi) is 9.62. The maximum Gasteiger partial charge on any atom is 0.323 e. The van der Waals surface area contributed by atoms with Crippen molar-refractivity contribution in [2.45, 2.75) is 31.2 Å². The van der Waals surface area contributed by atoms with E-state index in [1.807, 2.05) is 59.2 Å². The van der Waals surface area contributed by atoms with Crippen LogP contribution in [0.4, 0.5) is 22.0 Å². The van der Waals surface area contributed by atoms with Gasteiger partial charge in [0.05, 0.1) is 12.1 Å². The fourth-order valence-electron chi connectivity index (χ4n) is 6.60. The number of halogens is 5. The second-order valence-electron chi connectivity index (χ2n) is 13.1. The summed E-state index contributed by atoms with van der Waals surface area (Å²) >= 11 is 0. The number of tetrazole rings is 1. The standard InChI is InChI=1S/C41H30F5N9O/c42-32-9-6-30(7-10-32)39-38(29-15-17-47-18-16-29)36-13-3-27(23-55(36)51-39)21-48-20-26-1-4-28(5-2-26)31-8-14-37(49-22-31)41(45,46)40(56,24-54-25-50-52-53-54)34-12-11-33(43)19-35(34)44/h1-19,22-23,25,48,56H,20-21,24H2. The molecule has 2 N–H and O–H groups in total. The number of aliphatic hydroxyl groups is 1. The minimum absolute atomic E-state index is 0.325. The van der Waals surface area contributed by atoms with Gasteiger partial charge in [0, 0.05) is 66.2 Å². The van der Waals surface area contributed by atoms with Gasteiger partial charge in [-0.2, -0.15) is 13.9 Å². The summed E-state index contributed by atoms with van der Waals surface area (Å²) in [5.74, 6) is -6.85. The van der Waals surface area contributed by atoms with Gasteiger partial charge in [-0.05, 0) is 93.3 Å². The SMILES string of the molecule is OC(Cn1cnnn1)(c1ccc(F)cc1F)C(F)(F)c1ccc(-c2ccc(CNCc3ccc4c(-c5ccncc5)c(-c5ccc(F)cc5)nn4c3)cc2)cn1. The molecule has 0 amide bonds. The van der Waals surface area contributed by atoms with E-state index in [1.54, 1.807) is 24.5 Å². The zero-order valence-corrected chi connectivity index (χ0v) is 29.2. The molecule has 0 aliphatic rings. The molecule has 0 spiro atoms. The number of alkyl halides is 2. The fourth-order valence-corrected chi connectivity index (χ4v) is 6.60. The predicted octanol–water partition coefficient (Wildman–Crippen LogP) is 7.50. The van der Waals surface area contributed by atoms with Crippen molar-refractivity contribution in [2.75, 3.05) is 0 Å². The van der Waals surface area contributed by atoms with Gasteiger partial charge in [-0.1, -0.05) is 36.4 Å². The van der Waals surface area contributed by atoms with Gasteiger partial charge in [0.1, 0.15) is 35.2 Å². The number of nitrogens with one attached hydrogen (secondary N) is 1. The second kappa shape index (κ2) is 14.8. The van der Waals surface area contributed by atoms with Crippen molar-refractivity contribution in [3.63, 3.8) is 0 Å². The van der Waals surface area contributed by atoms with Crippen LogP contribution < -0.4 is 5.32 Å². The molecular weight excluding hydrogens is 730 g/mol. The quantitative estimate of drug-likeness (QED) is 0.123. The Bertz CT molecular complexity index is 2600. The lowest BCUT2D eigenvalue weighted by atomic mass is 9.84. The molecule has 0 bridgehead atoms. The normalized spacial score (nSPS) is 12.9. The first kappa shape index (κ1) is 36.3. The molecule has 0 aliphatic carbocycles. The van der Waals surface area contributed by atoms with Crippen LogP contribution in [-0.2, 0) is 31.2 Å². The lowest BCUT2D eigenvalue weighted by Gasteiger charge is -2.35. The van der Waals surface area contributed by atoms with Crippen molar-refractivity contribution < 1.29 is 27.1 Å². The molecule has 3 aromatic carbocycles. The Morgan fingerprint density at radius 2 is 1.41 bits per heavy atom. The van der Waals surface area contributed by atoms with Crippen LogP contribution >= 0.6 is 0 Å². The van der Waals surface area contributed by atoms with Crippen LogP contribution in [0.25, 0.3) is 39.0 Å². The van der Waals surface area contributed by atoms with E-state index in [1.165, 1.54) is 24.4 Å². The maximum absolute atomic E-state index is 16.2. The zero-order chi connectivity index (χ0) is 38.9. The largest absolute Gasteiger partial charge is 0.377 e. The van der Waals surface area contributed by atoms with E-state index in [0.29, 0.717) is 30.3 Å². The van der Waals surface area contributed by atoms with Crippen LogP contribution in [0.3, 0.4) is 0 Å². The third-order valence-electron chi connectivity index (χ3n) is 9.49. The molecule has 8 rings (SSSR count). The summed E-state index contributed by atoms with van der Waals surface area (Å²) in [6, 6.07) is 26.0. The Labute approximate surface area is 315 Å². The van der Waals surface area contributed by atoms with Gasteiger partial charge in [-0.3, -0.25) is 9.97 Å². The maximum atomic E-state index is 16.2. The number of benzene rings is 3. The highest BCUT2D eigenvalue weighted by atomic mass is 19.3. The van der Waals surface area contributed by atoms with Crippen molar-refractivity contribution in [2.24, 2.45) is 0 Å². The smallest absolute Gasteiger partial charge is 0.323 e. The van der Waals surface area contributed by atoms with Crippen LogP contribution in [0.15, 0.2) is 134 Å². The van der Waals surface area contributed by atoms with Gasteiger partial charge in [-0.15, -0.1) is 5.10 Å². The van der Waals surface area contributed by atoms with E-state index >= 15 is 8.78 Å². The topological polar surface area (TPSA) is 119 Å². The molecule has 56 heavy (non-hydrogen) atoms. The van der Waals surface area contributed by atoms with Gasteiger partial charge < -0.3 is 10.4 Å². The monoisotopic (exact) mass is 759 g/mol. The molecule has 1 unspecified atom stereocenters. The number of hydrogen-bond acceptors (Lipinski definition) is 8. The van der Waals surface area contributed by atoms with Gasteiger partial charge in [-0.25, -0.2) is 22.4 Å². The number of rotatable bonds is 12. The van der Waals surface area contributed by atoms with Crippen molar-refractivity contribution in [1.82, 2.24) is 45.1 Å². The van der Waals surface area contributed by atoms with Crippen LogP contribution in [-0.4, -0.2) is 44.9 Å². The Morgan fingerprint density at radius 1 is 0.714 bits per heavy atom. The molecule has 5 heterocycles. The Hall–Kier alpha value is -6.71. The molecule has 8 aromatic rings. The van der Waals surface area contributed by atoms with Gasteiger partial charge in [0.25, 0.3) is 0 Å². The average Bonchev–Trinajstić information content (AvgIpc) is 3.86. The van der Waals surface area contributed by atoms with Gasteiger partial charge >= 0.3 is 5.92 Å². The molecule has 0 fully saturated rings. The summed E-state index contributed by atoms with van der Waals surface area (Å²) < 4.78 is 77.2. The average molecular weight is 760 g/mol. The summed E-state index contributed by atoms with van der Waals surface area (Å²) in [7, 11) is 0. The second-order valence-corrected chi connectivity index (χ2v) is 13.1. The van der Waals surface area contributed by atoms with Crippen LogP contribution in [0.1, 0.15) is 22.4 Å². The minimum atomic E-state index is -4.17. The van der Waals surface area contributed by atoms with Crippen molar-refractivity contribution in [1.29, 1.82) is 0 Å². The molecule has 0 saturated carbocycles. The number of nitrogens with zero attached hydrogens (tertiary/aromatic N) is 8. The highest BCUT2D eigenvalue weighted by molar-refractivity contribution is 5.92. The Morgan fingerprint density at radius 3 is 2.11 bits per heavy atom. The molecular formula is C41H30F5N9O. The van der Waals surface area contributed by atoms with E-state index in [2.05, 4.69) is 30.8 Å². The van der Waals surface area contributed by atoms with E-state index in [0.717, 1.165) is 68.2 Å². The van der Waals surface area contributed by atoms with E-state index in [9.17, 15) is 18.3 Å². The van der Waals surface area contributed by atoms with Gasteiger partial charge in [0.2, 0.25) is 0 Å². The molecule has 0 saturated heterocycles. The summed E-state index contributed by atoms with van der Waals surface area (Å²) in [4.78, 5) is 8.10. The molecule has 10 nitrogen and oxygen atoms in total. The highest BCUT2D eigenvalue weighted by Crippen LogP contribution is 2.47. The lowest BCUT2D eigenvalue weighted by Crippen LogP contribution is -2.48. The van der Waals surface area contributed by atoms with E-state index in [-0.39, 0.29) is 5.82 Å². The van der Waals surface area contributed by atoms with Crippen molar-refractivity contribution in [3.8, 4) is 33.5 Å². The zero-order valence-electron chi connectivity index (χ0n) is 29.2. The van der Waals surface area contributed by atoms with Crippen LogP contribution in [0.5, 0.6) is 0 Å². The lowest BCUT2D eigenvalue weighted by molar-refractivity contribution is -0.207. The summed E-state index contributed by atoms with van der Waals surface area (Å²) in [5, 5.41) is 30.1. The number of pyridine rings is 3. The van der Waals surface area contributed by atoms with Crippen molar-refractivity contribution in [3.05, 3.63) is 174 Å². The first-order chi connectivity index (χ1) is 27.1. The number of fused-ring (bicyclic) bond motifs is 1. The summed E-state index contributed by atoms with van der Waals surface area (Å²) in [6.07, 6.45) is 7.62. The summed E-state index contributed by atoms with van der Waals surface area (Å²) in [6.45, 7) is 0.122. The molecule has 1 atom stereocenters. The first-order valence-corrected chi connectivity index (χ1v) is 17.3. The van der Waals surface area contributed by atoms with E-state index in [4.69, 9.17) is 5.10 Å². The predicted molar refractivity (Wildman–Crippen MR) is 196 cm³/mol. The third kappa shape index (κ3) is 7.00. The fraction of sp³-hybridized carbons (Fsp3) is 0.122. The molecule has 15 heteroatoms. The minimum Gasteiger partial charge on any atom is -0.377 e. The molecule has 0 radical (unpaired) electrons. The van der Waals surface area contributed by atoms with Gasteiger partial charge in [0.15, 0.2) is 5.60 Å². The van der Waals surface area contributed by atoms with E-state index < -0.39 is 41.0 Å². The Balaban J connectivity index is 0.960. The highest BCUT2D eigenvalue weighted by Gasteiger charge is 2.58. The van der Waals surface area contributed by atoms with Crippen molar-refractivity contribution >= 4 is 5.52 Å². The van der Waals surface area contributed by atoms with Crippen LogP contribution in [0, 0.1) is 17.5 Å². The summed E-state index contributed by atoms with van der Waals surface area (Å²) in [5.41, 5.74) is 2.53. The molecule has 5 aromatic heterocycles. The molecule has 0 aliphatic heterocycles. The number of hydrogen-bond donors (Lipinski definition) is 2. The molecule has 280 valence electrons. The third-order valence-corrected chi connectivity index (χ3v) is 9.49. The van der Waals surface area contributed by atoms with Crippen LogP contribution in [0.2, 0.25) is 0 Å². The number of aromatic nitrogens is 8. The first-order valence-electron chi connectivity index (χ1n) is 17.3.